The van der Waals surface area contributed by atoms with Gasteiger partial charge in [-0.25, -0.2) is 0 Å². The largest absolute Gasteiger partial charge is 0.293 e. The van der Waals surface area contributed by atoms with Crippen molar-refractivity contribution in [1.82, 2.24) is 0 Å². The molecule has 0 fully saturated rings. The molecule has 78 valence electrons. The second kappa shape index (κ2) is 4.99. The fourth-order valence-electron chi connectivity index (χ4n) is 1.43. The van der Waals surface area contributed by atoms with Gasteiger partial charge in [0.2, 0.25) is 0 Å². The molecule has 0 bridgehead atoms. The van der Waals surface area contributed by atoms with Gasteiger partial charge in [-0.15, -0.1) is 0 Å². The van der Waals surface area contributed by atoms with E-state index in [1.54, 1.807) is 0 Å². The molecular formula is C12H13NOS. The van der Waals surface area contributed by atoms with Gasteiger partial charge < -0.3 is 0 Å². The van der Waals surface area contributed by atoms with E-state index in [2.05, 4.69) is 0 Å². The summed E-state index contributed by atoms with van der Waals surface area (Å²) in [4.78, 5) is 11.7. The molecule has 0 aliphatic carbocycles. The minimum absolute atomic E-state index is 0.0298. The zero-order valence-corrected chi connectivity index (χ0v) is 9.94. The number of hydrogen-bond donors (Lipinski definition) is 0. The average Bonchev–Trinajstić information content (AvgIpc) is 2.23. The summed E-state index contributed by atoms with van der Waals surface area (Å²) in [6, 6.07) is 3.80. The van der Waals surface area contributed by atoms with Crippen molar-refractivity contribution in [3.05, 3.63) is 34.4 Å². The highest BCUT2D eigenvalue weighted by molar-refractivity contribution is 8.04. The van der Waals surface area contributed by atoms with Crippen LogP contribution in [0.5, 0.6) is 0 Å². The molecule has 0 heterocycles. The Morgan fingerprint density at radius 1 is 1.33 bits per heavy atom. The predicted molar refractivity (Wildman–Crippen MR) is 63.1 cm³/mol. The fraction of sp³-hybridized carbons (Fsp3) is 0.333. The number of thioether (sulfide) groups is 1. The van der Waals surface area contributed by atoms with Gasteiger partial charge in [-0.2, -0.15) is 5.26 Å². The molecule has 2 nitrogen and oxygen atoms in total. The van der Waals surface area contributed by atoms with Gasteiger partial charge >= 0.3 is 0 Å². The average molecular weight is 219 g/mol. The number of carbonyl (C=O) groups is 1. The lowest BCUT2D eigenvalue weighted by molar-refractivity contribution is 0.102. The van der Waals surface area contributed by atoms with Crippen LogP contribution in [0.2, 0.25) is 0 Å². The Morgan fingerprint density at radius 2 is 2.00 bits per heavy atom. The quantitative estimate of drug-likeness (QED) is 0.579. The molecule has 1 aromatic carbocycles. The van der Waals surface area contributed by atoms with Crippen LogP contribution >= 0.6 is 11.8 Å². The number of nitrogens with zero attached hydrogens (tertiary/aromatic N) is 1. The number of aryl methyl sites for hydroxylation is 1. The molecule has 0 saturated heterocycles. The smallest absolute Gasteiger partial charge is 0.174 e. The molecule has 0 saturated carbocycles. The third kappa shape index (κ3) is 2.60. The lowest BCUT2D eigenvalue weighted by Crippen LogP contribution is -2.06. The molecule has 15 heavy (non-hydrogen) atoms. The van der Waals surface area contributed by atoms with Crippen molar-refractivity contribution in [2.45, 2.75) is 20.8 Å². The van der Waals surface area contributed by atoms with Gasteiger partial charge in [0.1, 0.15) is 5.40 Å². The van der Waals surface area contributed by atoms with Crippen LogP contribution in [0.25, 0.3) is 0 Å². The Morgan fingerprint density at radius 3 is 2.60 bits per heavy atom. The van der Waals surface area contributed by atoms with Crippen molar-refractivity contribution in [3.63, 3.8) is 0 Å². The van der Waals surface area contributed by atoms with Gasteiger partial charge in [0.25, 0.3) is 0 Å². The van der Waals surface area contributed by atoms with Gasteiger partial charge in [-0.3, -0.25) is 4.79 Å². The minimum Gasteiger partial charge on any atom is -0.293 e. The van der Waals surface area contributed by atoms with E-state index in [-0.39, 0.29) is 11.5 Å². The first-order valence-corrected chi connectivity index (χ1v) is 5.67. The Bertz CT molecular complexity index is 432. The first-order valence-electron chi connectivity index (χ1n) is 4.68. The molecule has 1 aromatic rings. The Kier molecular flexibility index (Phi) is 3.93. The Hall–Kier alpha value is -1.27. The lowest BCUT2D eigenvalue weighted by Gasteiger charge is -2.09. The molecule has 0 radical (unpaired) electrons. The van der Waals surface area contributed by atoms with E-state index in [0.29, 0.717) is 0 Å². The highest BCUT2D eigenvalue weighted by atomic mass is 32.2. The van der Waals surface area contributed by atoms with Crippen molar-refractivity contribution in [2.24, 2.45) is 0 Å². The maximum Gasteiger partial charge on any atom is 0.174 e. The van der Waals surface area contributed by atoms with E-state index in [1.807, 2.05) is 38.3 Å². The number of carbonyl (C=O) groups excluding carboxylic acids is 1. The highest BCUT2D eigenvalue weighted by Crippen LogP contribution is 2.18. The van der Waals surface area contributed by atoms with Crippen LogP contribution < -0.4 is 0 Å². The molecular weight excluding hydrogens is 206 g/mol. The van der Waals surface area contributed by atoms with E-state index in [0.717, 1.165) is 28.5 Å². The number of Topliss-reactive ketones (excluding diaryl/α,β-unsaturated/α-hetero) is 1. The van der Waals surface area contributed by atoms with Crippen molar-refractivity contribution in [3.8, 4) is 5.40 Å². The van der Waals surface area contributed by atoms with Gasteiger partial charge in [-0.1, -0.05) is 12.1 Å². The zero-order chi connectivity index (χ0) is 11.4. The van der Waals surface area contributed by atoms with Crippen LogP contribution in [0.4, 0.5) is 0 Å². The van der Waals surface area contributed by atoms with Crippen molar-refractivity contribution < 1.29 is 4.79 Å². The van der Waals surface area contributed by atoms with Gasteiger partial charge in [0, 0.05) is 5.56 Å². The third-order valence-electron chi connectivity index (χ3n) is 2.63. The monoisotopic (exact) mass is 219 g/mol. The van der Waals surface area contributed by atoms with E-state index in [9.17, 15) is 4.79 Å². The standard InChI is InChI=1S/C12H13NOS/c1-8-4-5-11(10(3)9(8)2)12(14)6-15-7-13/h4-5H,6H2,1-3H3. The number of nitriles is 1. The SMILES string of the molecule is Cc1ccc(C(=O)CSC#N)c(C)c1C. The van der Waals surface area contributed by atoms with Gasteiger partial charge in [-0.05, 0) is 49.2 Å². The third-order valence-corrected chi connectivity index (χ3v) is 3.16. The molecule has 0 amide bonds. The highest BCUT2D eigenvalue weighted by Gasteiger charge is 2.11. The summed E-state index contributed by atoms with van der Waals surface area (Å²) in [7, 11) is 0. The second-order valence-electron chi connectivity index (χ2n) is 3.48. The van der Waals surface area contributed by atoms with Gasteiger partial charge in [0.05, 0.1) is 5.75 Å². The summed E-state index contributed by atoms with van der Waals surface area (Å²) in [5.41, 5.74) is 4.11. The van der Waals surface area contributed by atoms with Crippen LogP contribution in [-0.2, 0) is 0 Å². The van der Waals surface area contributed by atoms with E-state index >= 15 is 0 Å². The van der Waals surface area contributed by atoms with Crippen molar-refractivity contribution in [2.75, 3.05) is 5.75 Å². The van der Waals surface area contributed by atoms with Crippen LogP contribution in [0.15, 0.2) is 12.1 Å². The number of benzene rings is 1. The van der Waals surface area contributed by atoms with Crippen molar-refractivity contribution >= 4 is 17.5 Å². The topological polar surface area (TPSA) is 40.9 Å². The van der Waals surface area contributed by atoms with Gasteiger partial charge in [0.15, 0.2) is 5.78 Å². The van der Waals surface area contributed by atoms with Crippen molar-refractivity contribution in [1.29, 1.82) is 5.26 Å². The molecule has 0 N–H and O–H groups in total. The first-order chi connectivity index (χ1) is 7.07. The molecule has 0 aliphatic rings. The molecule has 0 atom stereocenters. The summed E-state index contributed by atoms with van der Waals surface area (Å²) in [5, 5.41) is 10.3. The summed E-state index contributed by atoms with van der Waals surface area (Å²) in [6.07, 6.45) is 0. The second-order valence-corrected chi connectivity index (χ2v) is 4.24. The Balaban J connectivity index is 3.01. The molecule has 0 unspecified atom stereocenters. The fourth-order valence-corrected chi connectivity index (χ4v) is 1.78. The number of rotatable bonds is 3. The number of ketones is 1. The lowest BCUT2D eigenvalue weighted by atomic mass is 9.97. The summed E-state index contributed by atoms with van der Waals surface area (Å²) < 4.78 is 0. The maximum atomic E-state index is 11.7. The number of thiocyanates is 1. The minimum atomic E-state index is 0.0298. The molecule has 1 rings (SSSR count). The Labute approximate surface area is 94.3 Å². The van der Waals surface area contributed by atoms with E-state index in [4.69, 9.17) is 5.26 Å². The van der Waals surface area contributed by atoms with E-state index in [1.165, 1.54) is 5.56 Å². The molecule has 0 aliphatic heterocycles. The first kappa shape index (κ1) is 11.8. The summed E-state index contributed by atoms with van der Waals surface area (Å²) in [5.74, 6) is 0.266. The predicted octanol–water partition coefficient (Wildman–Crippen LogP) is 3.01. The van der Waals surface area contributed by atoms with E-state index < -0.39 is 0 Å². The van der Waals surface area contributed by atoms with Crippen LogP contribution in [0.1, 0.15) is 27.0 Å². The number of hydrogen-bond acceptors (Lipinski definition) is 3. The molecule has 0 aromatic heterocycles. The van der Waals surface area contributed by atoms with Crippen LogP contribution in [-0.4, -0.2) is 11.5 Å². The molecule has 0 spiro atoms. The molecule has 3 heteroatoms. The summed E-state index contributed by atoms with van der Waals surface area (Å²) >= 11 is 0.986. The normalized spacial score (nSPS) is 9.73. The summed E-state index contributed by atoms with van der Waals surface area (Å²) in [6.45, 7) is 5.99. The zero-order valence-electron chi connectivity index (χ0n) is 9.13. The maximum absolute atomic E-state index is 11.7. The van der Waals surface area contributed by atoms with Crippen LogP contribution in [0.3, 0.4) is 0 Å². The van der Waals surface area contributed by atoms with Crippen LogP contribution in [0, 0.1) is 31.4 Å².